The Labute approximate surface area is 107 Å². The summed E-state index contributed by atoms with van der Waals surface area (Å²) in [5.74, 6) is -0.642. The van der Waals surface area contributed by atoms with E-state index in [0.717, 1.165) is 37.2 Å². The first-order chi connectivity index (χ1) is 8.61. The highest BCUT2D eigenvalue weighted by molar-refractivity contribution is 5.94. The second kappa shape index (κ2) is 5.40. The van der Waals surface area contributed by atoms with Gasteiger partial charge in [-0.2, -0.15) is 0 Å². The Balaban J connectivity index is 2.31. The molecular weight excluding hydrogens is 230 g/mol. The van der Waals surface area contributed by atoms with Gasteiger partial charge >= 0.3 is 5.97 Å². The molecule has 0 bridgehead atoms. The van der Waals surface area contributed by atoms with E-state index < -0.39 is 5.97 Å². The van der Waals surface area contributed by atoms with Crippen LogP contribution < -0.4 is 4.90 Å². The van der Waals surface area contributed by atoms with Crippen molar-refractivity contribution in [2.24, 2.45) is 5.92 Å². The zero-order valence-electron chi connectivity index (χ0n) is 10.6. The van der Waals surface area contributed by atoms with Gasteiger partial charge < -0.3 is 15.1 Å². The lowest BCUT2D eigenvalue weighted by atomic mass is 9.97. The first-order valence-corrected chi connectivity index (χ1v) is 6.31. The maximum Gasteiger partial charge on any atom is 0.337 e. The van der Waals surface area contributed by atoms with Crippen LogP contribution in [0, 0.1) is 12.8 Å². The normalized spacial score (nSPS) is 19.9. The number of aryl methyl sites for hydroxylation is 1. The van der Waals surface area contributed by atoms with Crippen molar-refractivity contribution in [2.45, 2.75) is 19.8 Å². The first kappa shape index (κ1) is 12.9. The molecule has 1 atom stereocenters. The van der Waals surface area contributed by atoms with E-state index in [2.05, 4.69) is 4.90 Å². The molecule has 2 N–H and O–H groups in total. The number of aromatic carboxylic acids is 1. The highest BCUT2D eigenvalue weighted by Gasteiger charge is 2.23. The van der Waals surface area contributed by atoms with Crippen LogP contribution in [0.4, 0.5) is 5.69 Å². The third kappa shape index (κ3) is 2.64. The van der Waals surface area contributed by atoms with Gasteiger partial charge in [0.15, 0.2) is 0 Å². The zero-order valence-corrected chi connectivity index (χ0v) is 10.6. The minimum absolute atomic E-state index is 0.171. The number of benzene rings is 1. The molecule has 1 saturated heterocycles. The van der Waals surface area contributed by atoms with Gasteiger partial charge in [-0.25, -0.2) is 4.79 Å². The lowest BCUT2D eigenvalue weighted by Crippen LogP contribution is -2.37. The maximum atomic E-state index is 11.3. The predicted octanol–water partition coefficient (Wildman–Crippen LogP) is 1.90. The van der Waals surface area contributed by atoms with Crippen LogP contribution in [-0.2, 0) is 0 Å². The summed E-state index contributed by atoms with van der Waals surface area (Å²) in [5, 5.41) is 18.5. The fourth-order valence-corrected chi connectivity index (χ4v) is 2.52. The summed E-state index contributed by atoms with van der Waals surface area (Å²) < 4.78 is 0. The number of anilines is 1. The van der Waals surface area contributed by atoms with Gasteiger partial charge in [0.1, 0.15) is 0 Å². The molecule has 1 heterocycles. The van der Waals surface area contributed by atoms with Gasteiger partial charge in [0, 0.05) is 19.7 Å². The smallest absolute Gasteiger partial charge is 0.337 e. The summed E-state index contributed by atoms with van der Waals surface area (Å²) in [6.45, 7) is 3.73. The third-order valence-corrected chi connectivity index (χ3v) is 3.50. The Morgan fingerprint density at radius 2 is 2.28 bits per heavy atom. The molecule has 4 nitrogen and oxygen atoms in total. The summed E-state index contributed by atoms with van der Waals surface area (Å²) in [5.41, 5.74) is 2.18. The molecule has 1 fully saturated rings. The molecule has 0 radical (unpaired) electrons. The van der Waals surface area contributed by atoms with Gasteiger partial charge in [0.25, 0.3) is 0 Å². The van der Waals surface area contributed by atoms with Gasteiger partial charge in [-0.15, -0.1) is 0 Å². The van der Waals surface area contributed by atoms with Crippen LogP contribution in [0.1, 0.15) is 28.8 Å². The highest BCUT2D eigenvalue weighted by atomic mass is 16.4. The van der Waals surface area contributed by atoms with Crippen molar-refractivity contribution in [3.63, 3.8) is 0 Å². The van der Waals surface area contributed by atoms with Crippen LogP contribution in [-0.4, -0.2) is 35.9 Å². The SMILES string of the molecule is Cc1ccc(C(=O)O)c(N2CCCC(CO)C2)c1. The zero-order chi connectivity index (χ0) is 13.1. The van der Waals surface area contributed by atoms with Crippen LogP contribution in [0.15, 0.2) is 18.2 Å². The van der Waals surface area contributed by atoms with Crippen LogP contribution in [0.3, 0.4) is 0 Å². The fraction of sp³-hybridized carbons (Fsp3) is 0.500. The Morgan fingerprint density at radius 1 is 1.50 bits per heavy atom. The van der Waals surface area contributed by atoms with Crippen molar-refractivity contribution >= 4 is 11.7 Å². The maximum absolute atomic E-state index is 11.3. The van der Waals surface area contributed by atoms with Crippen molar-refractivity contribution < 1.29 is 15.0 Å². The molecule has 1 aromatic rings. The lowest BCUT2D eigenvalue weighted by molar-refractivity contribution is 0.0697. The van der Waals surface area contributed by atoms with Gasteiger partial charge in [0.05, 0.1) is 11.3 Å². The Morgan fingerprint density at radius 3 is 2.94 bits per heavy atom. The molecule has 2 rings (SSSR count). The second-order valence-electron chi connectivity index (χ2n) is 4.96. The summed E-state index contributed by atoms with van der Waals surface area (Å²) in [7, 11) is 0. The lowest BCUT2D eigenvalue weighted by Gasteiger charge is -2.34. The number of nitrogens with zero attached hydrogens (tertiary/aromatic N) is 1. The number of carboxylic acids is 1. The van der Waals surface area contributed by atoms with E-state index in [1.165, 1.54) is 0 Å². The van der Waals surface area contributed by atoms with E-state index in [9.17, 15) is 15.0 Å². The van der Waals surface area contributed by atoms with Gasteiger partial charge in [-0.1, -0.05) is 6.07 Å². The fourth-order valence-electron chi connectivity index (χ4n) is 2.52. The Kier molecular flexibility index (Phi) is 3.87. The predicted molar refractivity (Wildman–Crippen MR) is 70.2 cm³/mol. The van der Waals surface area contributed by atoms with Crippen LogP contribution in [0.5, 0.6) is 0 Å². The average Bonchev–Trinajstić information content (AvgIpc) is 2.38. The monoisotopic (exact) mass is 249 g/mol. The Hall–Kier alpha value is -1.55. The minimum Gasteiger partial charge on any atom is -0.478 e. The van der Waals surface area contributed by atoms with Crippen LogP contribution in [0.25, 0.3) is 0 Å². The van der Waals surface area contributed by atoms with Crippen molar-refractivity contribution in [3.05, 3.63) is 29.3 Å². The van der Waals surface area contributed by atoms with Crippen molar-refractivity contribution in [1.82, 2.24) is 0 Å². The molecule has 0 aliphatic carbocycles. The third-order valence-electron chi connectivity index (χ3n) is 3.50. The highest BCUT2D eigenvalue weighted by Crippen LogP contribution is 2.27. The van der Waals surface area contributed by atoms with E-state index in [4.69, 9.17) is 0 Å². The molecule has 0 saturated carbocycles. The summed E-state index contributed by atoms with van der Waals surface area (Å²) >= 11 is 0. The number of aliphatic hydroxyl groups is 1. The molecule has 1 unspecified atom stereocenters. The summed E-state index contributed by atoms with van der Waals surface area (Å²) in [6, 6.07) is 5.40. The molecule has 1 aliphatic rings. The number of aliphatic hydroxyl groups excluding tert-OH is 1. The van der Waals surface area contributed by atoms with Crippen molar-refractivity contribution in [2.75, 3.05) is 24.6 Å². The minimum atomic E-state index is -0.892. The van der Waals surface area contributed by atoms with Crippen molar-refractivity contribution in [1.29, 1.82) is 0 Å². The molecule has 4 heteroatoms. The number of hydrogen-bond donors (Lipinski definition) is 2. The quantitative estimate of drug-likeness (QED) is 0.859. The van der Waals surface area contributed by atoms with E-state index >= 15 is 0 Å². The molecule has 0 spiro atoms. The summed E-state index contributed by atoms with van der Waals surface area (Å²) in [4.78, 5) is 13.3. The van der Waals surface area contributed by atoms with E-state index in [1.54, 1.807) is 6.07 Å². The van der Waals surface area contributed by atoms with E-state index in [-0.39, 0.29) is 12.5 Å². The van der Waals surface area contributed by atoms with Gasteiger partial charge in [0.2, 0.25) is 0 Å². The molecule has 1 aliphatic heterocycles. The summed E-state index contributed by atoms with van der Waals surface area (Å²) in [6.07, 6.45) is 2.01. The second-order valence-corrected chi connectivity index (χ2v) is 4.96. The molecule has 98 valence electrons. The number of hydrogen-bond acceptors (Lipinski definition) is 3. The average molecular weight is 249 g/mol. The molecule has 0 amide bonds. The molecule has 1 aromatic carbocycles. The topological polar surface area (TPSA) is 60.8 Å². The van der Waals surface area contributed by atoms with Gasteiger partial charge in [-0.3, -0.25) is 0 Å². The van der Waals surface area contributed by atoms with E-state index in [0.29, 0.717) is 5.56 Å². The number of rotatable bonds is 3. The van der Waals surface area contributed by atoms with Crippen molar-refractivity contribution in [3.8, 4) is 0 Å². The van der Waals surface area contributed by atoms with Crippen LogP contribution >= 0.6 is 0 Å². The molecular formula is C14H19NO3. The van der Waals surface area contributed by atoms with Crippen LogP contribution in [0.2, 0.25) is 0 Å². The molecule has 0 aromatic heterocycles. The van der Waals surface area contributed by atoms with E-state index in [1.807, 2.05) is 19.1 Å². The molecule has 18 heavy (non-hydrogen) atoms. The number of carbonyl (C=O) groups is 1. The Bertz CT molecular complexity index is 445. The standard InChI is InChI=1S/C14H19NO3/c1-10-4-5-12(14(17)18)13(7-10)15-6-2-3-11(8-15)9-16/h4-5,7,11,16H,2-3,6,8-9H2,1H3,(H,17,18). The largest absolute Gasteiger partial charge is 0.478 e. The number of carboxylic acid groups (broad SMARTS) is 1. The first-order valence-electron chi connectivity index (χ1n) is 6.31. The number of piperidine rings is 1. The van der Waals surface area contributed by atoms with Gasteiger partial charge in [-0.05, 0) is 43.4 Å².